The smallest absolute Gasteiger partial charge is 0.332 e. The van der Waals surface area contributed by atoms with Crippen molar-refractivity contribution in [1.82, 2.24) is 4.90 Å². The van der Waals surface area contributed by atoms with Gasteiger partial charge < -0.3 is 14.4 Å². The van der Waals surface area contributed by atoms with Crippen molar-refractivity contribution in [2.75, 3.05) is 19.8 Å². The highest BCUT2D eigenvalue weighted by molar-refractivity contribution is 6.30. The van der Waals surface area contributed by atoms with Crippen molar-refractivity contribution in [3.63, 3.8) is 0 Å². The zero-order valence-electron chi connectivity index (χ0n) is 20.3. The predicted molar refractivity (Wildman–Crippen MR) is 140 cm³/mol. The van der Waals surface area contributed by atoms with Gasteiger partial charge in [-0.15, -0.1) is 6.58 Å². The van der Waals surface area contributed by atoms with Gasteiger partial charge in [-0.25, -0.2) is 4.79 Å². The third-order valence-corrected chi connectivity index (χ3v) is 6.95. The first-order chi connectivity index (χ1) is 16.9. The number of piperidine rings is 1. The number of carbonyl (C=O) groups is 2. The second-order valence-corrected chi connectivity index (χ2v) is 9.62. The van der Waals surface area contributed by atoms with Gasteiger partial charge in [-0.05, 0) is 61.6 Å². The van der Waals surface area contributed by atoms with E-state index in [-0.39, 0.29) is 43.0 Å². The molecule has 2 aromatic carbocycles. The van der Waals surface area contributed by atoms with Crippen molar-refractivity contribution in [3.8, 4) is 0 Å². The molecule has 0 spiro atoms. The van der Waals surface area contributed by atoms with Gasteiger partial charge in [0.15, 0.2) is 0 Å². The second kappa shape index (κ2) is 13.1. The van der Waals surface area contributed by atoms with Crippen LogP contribution >= 0.6 is 23.2 Å². The van der Waals surface area contributed by atoms with Crippen molar-refractivity contribution in [1.29, 1.82) is 0 Å². The summed E-state index contributed by atoms with van der Waals surface area (Å²) in [4.78, 5) is 27.7. The largest absolute Gasteiger partial charge is 0.464 e. The summed E-state index contributed by atoms with van der Waals surface area (Å²) in [5, 5.41) is 1.29. The molecule has 1 heterocycles. The normalized spacial score (nSPS) is 21.0. The van der Waals surface area contributed by atoms with Gasteiger partial charge in [0.1, 0.15) is 6.61 Å². The first-order valence-corrected chi connectivity index (χ1v) is 12.8. The van der Waals surface area contributed by atoms with E-state index in [9.17, 15) is 9.59 Å². The number of rotatable bonds is 11. The van der Waals surface area contributed by atoms with E-state index >= 15 is 0 Å². The van der Waals surface area contributed by atoms with E-state index < -0.39 is 5.97 Å². The molecule has 7 heteroatoms. The summed E-state index contributed by atoms with van der Waals surface area (Å²) < 4.78 is 10.7. The number of allylic oxidation sites excluding steroid dienone is 1. The average Bonchev–Trinajstić information content (AvgIpc) is 2.84. The molecule has 0 aliphatic carbocycles. The topological polar surface area (TPSA) is 55.8 Å². The summed E-state index contributed by atoms with van der Waals surface area (Å²) in [5.41, 5.74) is 2.07. The number of nitrogens with zero attached hydrogens (tertiary/aromatic N) is 1. The molecule has 188 valence electrons. The van der Waals surface area contributed by atoms with Gasteiger partial charge in [-0.2, -0.15) is 0 Å². The van der Waals surface area contributed by atoms with Crippen molar-refractivity contribution >= 4 is 35.1 Å². The zero-order valence-corrected chi connectivity index (χ0v) is 21.8. The maximum absolute atomic E-state index is 13.9. The molecular formula is C28H33Cl2NO4. The van der Waals surface area contributed by atoms with Gasteiger partial charge in [-0.3, -0.25) is 4.79 Å². The summed E-state index contributed by atoms with van der Waals surface area (Å²) in [5.74, 6) is -0.548. The second-order valence-electron chi connectivity index (χ2n) is 8.74. The molecule has 0 N–H and O–H groups in total. The molecule has 1 aliphatic heterocycles. The molecule has 35 heavy (non-hydrogen) atoms. The summed E-state index contributed by atoms with van der Waals surface area (Å²) in [7, 11) is 0. The Labute approximate surface area is 218 Å². The van der Waals surface area contributed by atoms with E-state index in [0.29, 0.717) is 35.9 Å². The van der Waals surface area contributed by atoms with Crippen LogP contribution in [0.4, 0.5) is 0 Å². The molecule has 1 fully saturated rings. The van der Waals surface area contributed by atoms with E-state index in [2.05, 4.69) is 12.6 Å². The molecular weight excluding hydrogens is 485 g/mol. The van der Waals surface area contributed by atoms with Crippen LogP contribution in [0.2, 0.25) is 10.0 Å². The van der Waals surface area contributed by atoms with Crippen molar-refractivity contribution in [2.45, 2.75) is 51.1 Å². The lowest BCUT2D eigenvalue weighted by molar-refractivity contribution is -0.152. The minimum atomic E-state index is -0.414. The highest BCUT2D eigenvalue weighted by Crippen LogP contribution is 2.47. The van der Waals surface area contributed by atoms with Gasteiger partial charge in [0, 0.05) is 21.9 Å². The fraction of sp³-hybridized carbons (Fsp3) is 0.429. The molecule has 1 unspecified atom stereocenters. The van der Waals surface area contributed by atoms with Crippen LogP contribution in [-0.2, 0) is 19.1 Å². The molecule has 1 saturated heterocycles. The third kappa shape index (κ3) is 6.87. The Morgan fingerprint density at radius 1 is 1.14 bits per heavy atom. The third-order valence-electron chi connectivity index (χ3n) is 6.46. The lowest BCUT2D eigenvalue weighted by Gasteiger charge is -2.48. The zero-order chi connectivity index (χ0) is 25.4. The van der Waals surface area contributed by atoms with Crippen molar-refractivity contribution in [3.05, 3.63) is 82.4 Å². The number of esters is 1. The van der Waals surface area contributed by atoms with Crippen LogP contribution < -0.4 is 0 Å². The molecule has 0 aromatic heterocycles. The molecule has 4 atom stereocenters. The molecule has 1 amide bonds. The number of ether oxygens (including phenoxy) is 2. The van der Waals surface area contributed by atoms with Gasteiger partial charge in [0.05, 0.1) is 25.3 Å². The van der Waals surface area contributed by atoms with E-state index in [4.69, 9.17) is 32.7 Å². The van der Waals surface area contributed by atoms with Crippen molar-refractivity contribution in [2.24, 2.45) is 5.92 Å². The summed E-state index contributed by atoms with van der Waals surface area (Å²) in [6.07, 6.45) is 3.73. The van der Waals surface area contributed by atoms with Gasteiger partial charge >= 0.3 is 5.97 Å². The van der Waals surface area contributed by atoms with E-state index in [1.807, 2.05) is 54.3 Å². The number of halogens is 2. The Kier molecular flexibility index (Phi) is 10.2. The maximum Gasteiger partial charge on any atom is 0.332 e. The number of likely N-dealkylation sites (tertiary alicyclic amines) is 1. The van der Waals surface area contributed by atoms with Crippen LogP contribution in [-0.4, -0.2) is 42.6 Å². The van der Waals surface area contributed by atoms with Crippen LogP contribution in [0, 0.1) is 5.92 Å². The van der Waals surface area contributed by atoms with E-state index in [1.165, 1.54) is 0 Å². The number of carbonyl (C=O) groups excluding carboxylic acids is 2. The summed E-state index contributed by atoms with van der Waals surface area (Å²) >= 11 is 12.6. The highest BCUT2D eigenvalue weighted by Gasteiger charge is 2.45. The van der Waals surface area contributed by atoms with Crippen LogP contribution in [0.1, 0.15) is 56.2 Å². The van der Waals surface area contributed by atoms with Gasteiger partial charge in [0.25, 0.3) is 0 Å². The minimum Gasteiger partial charge on any atom is -0.464 e. The minimum absolute atomic E-state index is 0.0108. The lowest BCUT2D eigenvalue weighted by Crippen LogP contribution is -2.53. The fourth-order valence-electron chi connectivity index (χ4n) is 4.87. The molecule has 0 saturated carbocycles. The molecule has 2 aromatic rings. The maximum atomic E-state index is 13.9. The highest BCUT2D eigenvalue weighted by atomic mass is 35.5. The van der Waals surface area contributed by atoms with Gasteiger partial charge in [-0.1, -0.05) is 60.5 Å². The van der Waals surface area contributed by atoms with Gasteiger partial charge in [0.2, 0.25) is 5.91 Å². The number of amides is 1. The Balaban J connectivity index is 2.03. The SMILES string of the molecule is C=CC[C@H]1CC(c2cccc(Cl)c2)[C@@H](c2ccc(Cl)cc2)N([C@@H](CC)COCC(=O)OCC)C1=O. The Hall–Kier alpha value is -2.34. The Morgan fingerprint density at radius 2 is 1.89 bits per heavy atom. The molecule has 3 rings (SSSR count). The van der Waals surface area contributed by atoms with Crippen molar-refractivity contribution < 1.29 is 19.1 Å². The summed E-state index contributed by atoms with van der Waals surface area (Å²) in [6.45, 7) is 8.04. The average molecular weight is 518 g/mol. The number of hydrogen-bond donors (Lipinski definition) is 0. The molecule has 1 aliphatic rings. The first-order valence-electron chi connectivity index (χ1n) is 12.1. The summed E-state index contributed by atoms with van der Waals surface area (Å²) in [6, 6.07) is 15.0. The quantitative estimate of drug-likeness (QED) is 0.248. The van der Waals surface area contributed by atoms with Crippen LogP contribution in [0.3, 0.4) is 0 Å². The molecule has 0 radical (unpaired) electrons. The van der Waals surface area contributed by atoms with Crippen LogP contribution in [0.15, 0.2) is 61.2 Å². The standard InChI is InChI=1S/C28H33Cl2NO4/c1-4-8-21-16-25(20-9-7-10-23(30)15-20)27(19-11-13-22(29)14-12-19)31(28(21)33)24(5-2)17-34-18-26(32)35-6-3/h4,7,9-15,21,24-25,27H,1,5-6,8,16-18H2,2-3H3/t21-,24-,25?,27+/m0/s1. The Morgan fingerprint density at radius 3 is 2.51 bits per heavy atom. The predicted octanol–water partition coefficient (Wildman–Crippen LogP) is 6.60. The Bertz CT molecular complexity index is 1010. The monoisotopic (exact) mass is 517 g/mol. The number of benzene rings is 2. The molecule has 0 bridgehead atoms. The number of hydrogen-bond acceptors (Lipinski definition) is 4. The van der Waals surface area contributed by atoms with E-state index in [0.717, 1.165) is 11.1 Å². The van der Waals surface area contributed by atoms with Crippen LogP contribution in [0.25, 0.3) is 0 Å². The van der Waals surface area contributed by atoms with Crippen LogP contribution in [0.5, 0.6) is 0 Å². The molecule has 5 nitrogen and oxygen atoms in total. The van der Waals surface area contributed by atoms with E-state index in [1.54, 1.807) is 13.0 Å². The fourth-order valence-corrected chi connectivity index (χ4v) is 5.19. The lowest BCUT2D eigenvalue weighted by atomic mass is 9.74. The first kappa shape index (κ1) is 27.3.